The van der Waals surface area contributed by atoms with Crippen LogP contribution in [-0.2, 0) is 5.60 Å². The molecule has 168 valence electrons. The van der Waals surface area contributed by atoms with E-state index in [1.807, 2.05) is 124 Å². The van der Waals surface area contributed by atoms with Crippen LogP contribution in [0.4, 0.5) is 17.1 Å². The van der Waals surface area contributed by atoms with Crippen LogP contribution in [0.1, 0.15) is 34.0 Å². The lowest BCUT2D eigenvalue weighted by molar-refractivity contribution is 0.0987. The third-order valence-corrected chi connectivity index (χ3v) is 5.89. The summed E-state index contributed by atoms with van der Waals surface area (Å²) < 4.78 is 0. The molecule has 0 bridgehead atoms. The van der Waals surface area contributed by atoms with Crippen molar-refractivity contribution in [2.75, 3.05) is 57.0 Å². The highest BCUT2D eigenvalue weighted by Gasteiger charge is 2.37. The summed E-state index contributed by atoms with van der Waals surface area (Å²) in [6.45, 7) is 1.54. The molecule has 5 nitrogen and oxygen atoms in total. The van der Waals surface area contributed by atoms with Crippen LogP contribution in [0.5, 0.6) is 0 Å². The van der Waals surface area contributed by atoms with Crippen molar-refractivity contribution in [3.05, 3.63) is 89.0 Å². The maximum atomic E-state index is 12.7. The molecule has 0 aliphatic carbocycles. The average molecular weight is 432 g/mol. The molecule has 0 aliphatic heterocycles. The number of benzene rings is 3. The minimum absolute atomic E-state index is 0.0862. The van der Waals surface area contributed by atoms with Gasteiger partial charge in [0, 0.05) is 70.5 Å². The van der Waals surface area contributed by atoms with Crippen molar-refractivity contribution in [3.8, 4) is 0 Å². The Kier molecular flexibility index (Phi) is 6.60. The Hall–Kier alpha value is -3.31. The minimum atomic E-state index is -1.48. The predicted molar refractivity (Wildman–Crippen MR) is 134 cm³/mol. The fraction of sp³-hybridized carbons (Fsp3) is 0.296. The van der Waals surface area contributed by atoms with Crippen molar-refractivity contribution in [3.63, 3.8) is 0 Å². The molecule has 0 saturated carbocycles. The highest BCUT2D eigenvalue weighted by atomic mass is 16.3. The van der Waals surface area contributed by atoms with E-state index in [1.54, 1.807) is 6.92 Å². The maximum absolute atomic E-state index is 12.7. The second-order valence-corrected chi connectivity index (χ2v) is 8.77. The van der Waals surface area contributed by atoms with Crippen LogP contribution in [0, 0.1) is 0 Å². The second kappa shape index (κ2) is 9.05. The molecule has 0 heterocycles. The van der Waals surface area contributed by atoms with Gasteiger partial charge in [-0.25, -0.2) is 0 Å². The van der Waals surface area contributed by atoms with E-state index in [2.05, 4.69) is 0 Å². The zero-order valence-electron chi connectivity index (χ0n) is 20.0. The molecule has 5 heteroatoms. The number of rotatable bonds is 7. The molecule has 0 unspecified atom stereocenters. The predicted octanol–water partition coefficient (Wildman–Crippen LogP) is 4.37. The van der Waals surface area contributed by atoms with E-state index in [0.717, 1.165) is 17.1 Å². The molecule has 1 N–H and O–H groups in total. The molecule has 0 aliphatic rings. The fourth-order valence-corrected chi connectivity index (χ4v) is 3.90. The first-order valence-electron chi connectivity index (χ1n) is 10.7. The van der Waals surface area contributed by atoms with Gasteiger partial charge < -0.3 is 19.8 Å². The molecule has 3 aromatic carbocycles. The second-order valence-electron chi connectivity index (χ2n) is 8.77. The summed E-state index contributed by atoms with van der Waals surface area (Å²) >= 11 is 0. The average Bonchev–Trinajstić information content (AvgIpc) is 2.78. The first-order valence-corrected chi connectivity index (χ1v) is 10.7. The molecule has 0 radical (unpaired) electrons. The van der Waals surface area contributed by atoms with E-state index < -0.39 is 5.60 Å². The van der Waals surface area contributed by atoms with Crippen molar-refractivity contribution >= 4 is 22.8 Å². The number of aliphatic hydroxyl groups is 1. The number of anilines is 3. The van der Waals surface area contributed by atoms with E-state index in [9.17, 15) is 9.90 Å². The lowest BCUT2D eigenvalue weighted by Crippen LogP contribution is -2.31. The van der Waals surface area contributed by atoms with E-state index in [-0.39, 0.29) is 5.78 Å². The fourth-order valence-electron chi connectivity index (χ4n) is 3.90. The summed E-state index contributed by atoms with van der Waals surface area (Å²) in [4.78, 5) is 18.7. The van der Waals surface area contributed by atoms with Crippen LogP contribution in [-0.4, -0.2) is 53.2 Å². The van der Waals surface area contributed by atoms with E-state index in [0.29, 0.717) is 22.3 Å². The SMILES string of the molecule is CC(=O)c1cc(N(C)C)ccc1C(O)(c1ccc(N(C)C)cc1)c1ccc(N(C)C)cc1. The Morgan fingerprint density at radius 3 is 1.38 bits per heavy atom. The molecule has 0 amide bonds. The van der Waals surface area contributed by atoms with Gasteiger partial charge in [-0.2, -0.15) is 0 Å². The van der Waals surface area contributed by atoms with Crippen molar-refractivity contribution < 1.29 is 9.90 Å². The third kappa shape index (κ3) is 4.34. The summed E-state index contributed by atoms with van der Waals surface area (Å²) in [5.74, 6) is -0.0862. The Morgan fingerprint density at radius 2 is 1.03 bits per heavy atom. The molecular weight excluding hydrogens is 398 g/mol. The van der Waals surface area contributed by atoms with Crippen LogP contribution >= 0.6 is 0 Å². The normalized spacial score (nSPS) is 11.2. The molecule has 3 rings (SSSR count). The topological polar surface area (TPSA) is 47.0 Å². The zero-order valence-corrected chi connectivity index (χ0v) is 20.0. The van der Waals surface area contributed by atoms with Crippen molar-refractivity contribution in [1.82, 2.24) is 0 Å². The Balaban J connectivity index is 2.29. The number of carbonyl (C=O) groups excluding carboxylic acids is 1. The van der Waals surface area contributed by atoms with Gasteiger partial charge >= 0.3 is 0 Å². The standard InChI is InChI=1S/C27H33N3O2/c1-19(31)25-18-24(30(6)7)16-17-26(25)27(32,20-8-12-22(13-9-20)28(2)3)21-10-14-23(15-11-21)29(4)5/h8-18,32H,1-7H3. The molecule has 0 aromatic heterocycles. The van der Waals surface area contributed by atoms with Gasteiger partial charge in [0.2, 0.25) is 0 Å². The monoisotopic (exact) mass is 431 g/mol. The van der Waals surface area contributed by atoms with E-state index in [1.165, 1.54) is 0 Å². The first kappa shape index (κ1) is 23.4. The van der Waals surface area contributed by atoms with Gasteiger partial charge in [-0.15, -0.1) is 0 Å². The Bertz CT molecular complexity index is 1030. The number of ketones is 1. The number of hydrogen-bond donors (Lipinski definition) is 1. The van der Waals surface area contributed by atoms with Gasteiger partial charge in [-0.1, -0.05) is 30.3 Å². The van der Waals surface area contributed by atoms with Crippen LogP contribution in [0.15, 0.2) is 66.7 Å². The minimum Gasteiger partial charge on any atom is -0.378 e. The number of Topliss-reactive ketones (excluding diaryl/α,β-unsaturated/α-hetero) is 1. The zero-order chi connectivity index (χ0) is 23.6. The molecular formula is C27H33N3O2. The van der Waals surface area contributed by atoms with Crippen LogP contribution in [0.25, 0.3) is 0 Å². The van der Waals surface area contributed by atoms with E-state index in [4.69, 9.17) is 0 Å². The van der Waals surface area contributed by atoms with Gasteiger partial charge in [-0.05, 0) is 54.4 Å². The van der Waals surface area contributed by atoms with Crippen LogP contribution in [0.3, 0.4) is 0 Å². The first-order chi connectivity index (χ1) is 15.1. The van der Waals surface area contributed by atoms with Gasteiger partial charge in [0.25, 0.3) is 0 Å². The summed E-state index contributed by atoms with van der Waals surface area (Å²) in [6, 6.07) is 21.3. The van der Waals surface area contributed by atoms with Gasteiger partial charge in [0.15, 0.2) is 5.78 Å². The number of hydrogen-bond acceptors (Lipinski definition) is 5. The molecule has 3 aromatic rings. The third-order valence-electron chi connectivity index (χ3n) is 5.89. The Labute approximate surface area is 191 Å². The smallest absolute Gasteiger partial charge is 0.160 e. The van der Waals surface area contributed by atoms with E-state index >= 15 is 0 Å². The molecule has 0 fully saturated rings. The summed E-state index contributed by atoms with van der Waals surface area (Å²) in [7, 11) is 11.8. The highest BCUT2D eigenvalue weighted by Crippen LogP contribution is 2.40. The molecule has 0 spiro atoms. The number of nitrogens with zero attached hydrogens (tertiary/aromatic N) is 3. The van der Waals surface area contributed by atoms with Crippen molar-refractivity contribution in [2.45, 2.75) is 12.5 Å². The van der Waals surface area contributed by atoms with Crippen molar-refractivity contribution in [2.24, 2.45) is 0 Å². The molecule has 0 saturated heterocycles. The molecule has 0 atom stereocenters. The van der Waals surface area contributed by atoms with Gasteiger partial charge in [0.1, 0.15) is 5.60 Å². The largest absolute Gasteiger partial charge is 0.378 e. The van der Waals surface area contributed by atoms with Crippen LogP contribution in [0.2, 0.25) is 0 Å². The summed E-state index contributed by atoms with van der Waals surface area (Å²) in [5.41, 5.74) is 4.00. The Morgan fingerprint density at radius 1 is 0.656 bits per heavy atom. The quantitative estimate of drug-likeness (QED) is 0.445. The number of carbonyl (C=O) groups is 1. The summed E-state index contributed by atoms with van der Waals surface area (Å²) in [6.07, 6.45) is 0. The van der Waals surface area contributed by atoms with Crippen molar-refractivity contribution in [1.29, 1.82) is 0 Å². The summed E-state index contributed by atoms with van der Waals surface area (Å²) in [5, 5.41) is 12.4. The maximum Gasteiger partial charge on any atom is 0.160 e. The van der Waals surface area contributed by atoms with Crippen LogP contribution < -0.4 is 14.7 Å². The highest BCUT2D eigenvalue weighted by molar-refractivity contribution is 5.97. The molecule has 32 heavy (non-hydrogen) atoms. The lowest BCUT2D eigenvalue weighted by Gasteiger charge is -2.33. The van der Waals surface area contributed by atoms with Gasteiger partial charge in [-0.3, -0.25) is 4.79 Å². The lowest BCUT2D eigenvalue weighted by atomic mass is 9.77. The van der Waals surface area contributed by atoms with Gasteiger partial charge in [0.05, 0.1) is 0 Å².